The summed E-state index contributed by atoms with van der Waals surface area (Å²) in [5.41, 5.74) is 2.07. The topological polar surface area (TPSA) is 49.6 Å². The van der Waals surface area contributed by atoms with Crippen LogP contribution in [0.15, 0.2) is 46.3 Å². The Balaban J connectivity index is 0.00000220. The summed E-state index contributed by atoms with van der Waals surface area (Å²) in [5, 5.41) is 7.52. The molecule has 2 aromatic rings. The molecule has 1 heterocycles. The highest BCUT2D eigenvalue weighted by molar-refractivity contribution is 14.0. The van der Waals surface area contributed by atoms with Crippen LogP contribution >= 0.6 is 24.0 Å². The molecule has 0 bridgehead atoms. The first-order valence-electron chi connectivity index (χ1n) is 6.86. The van der Waals surface area contributed by atoms with Crippen LogP contribution in [0.5, 0.6) is 0 Å². The number of guanidine groups is 1. The number of hydrogen-bond donors (Lipinski definition) is 2. The first kappa shape index (κ1) is 17.6. The minimum Gasteiger partial charge on any atom is -0.459 e. The molecule has 0 atom stereocenters. The number of furan rings is 1. The van der Waals surface area contributed by atoms with Gasteiger partial charge in [-0.2, -0.15) is 0 Å². The third kappa shape index (κ3) is 4.49. The van der Waals surface area contributed by atoms with Crippen LogP contribution in [0, 0.1) is 6.92 Å². The molecule has 5 heteroatoms. The van der Waals surface area contributed by atoms with Crippen molar-refractivity contribution in [2.75, 3.05) is 13.1 Å². The SMILES string of the molecule is C=CCNC(=NCc1oc2ccccc2c1C)NCC.I. The number of para-hydroxylation sites is 1. The van der Waals surface area contributed by atoms with Crippen LogP contribution in [0.1, 0.15) is 18.2 Å². The third-order valence-corrected chi connectivity index (χ3v) is 3.08. The number of nitrogens with one attached hydrogen (secondary N) is 2. The van der Waals surface area contributed by atoms with Crippen LogP contribution in [0.25, 0.3) is 11.0 Å². The molecule has 0 radical (unpaired) electrons. The van der Waals surface area contributed by atoms with Gasteiger partial charge in [-0.05, 0) is 19.9 Å². The molecule has 1 aromatic carbocycles. The van der Waals surface area contributed by atoms with Gasteiger partial charge in [0.25, 0.3) is 0 Å². The minimum atomic E-state index is 0. The summed E-state index contributed by atoms with van der Waals surface area (Å²) in [7, 11) is 0. The van der Waals surface area contributed by atoms with E-state index in [-0.39, 0.29) is 24.0 Å². The summed E-state index contributed by atoms with van der Waals surface area (Å²) in [6.45, 7) is 9.83. The zero-order valence-electron chi connectivity index (χ0n) is 12.5. The Bertz CT molecular complexity index is 619. The molecule has 114 valence electrons. The maximum absolute atomic E-state index is 5.85. The molecule has 0 aliphatic carbocycles. The Kier molecular flexibility index (Phi) is 7.28. The quantitative estimate of drug-likeness (QED) is 0.350. The predicted octanol–water partition coefficient (Wildman–Crippen LogP) is 3.60. The summed E-state index contributed by atoms with van der Waals surface area (Å²) in [4.78, 5) is 4.53. The fourth-order valence-corrected chi connectivity index (χ4v) is 2.04. The molecule has 0 aliphatic heterocycles. The van der Waals surface area contributed by atoms with Gasteiger partial charge in [0.2, 0.25) is 0 Å². The lowest BCUT2D eigenvalue weighted by Gasteiger charge is -2.08. The Morgan fingerprint density at radius 2 is 2.10 bits per heavy atom. The zero-order valence-corrected chi connectivity index (χ0v) is 14.8. The van der Waals surface area contributed by atoms with E-state index in [1.165, 1.54) is 0 Å². The Labute approximate surface area is 142 Å². The largest absolute Gasteiger partial charge is 0.459 e. The van der Waals surface area contributed by atoms with Gasteiger partial charge in [-0.15, -0.1) is 30.6 Å². The summed E-state index contributed by atoms with van der Waals surface area (Å²) < 4.78 is 5.85. The highest BCUT2D eigenvalue weighted by atomic mass is 127. The maximum atomic E-state index is 5.85. The number of benzene rings is 1. The van der Waals surface area contributed by atoms with Crippen molar-refractivity contribution < 1.29 is 4.42 Å². The summed E-state index contributed by atoms with van der Waals surface area (Å²) in [6, 6.07) is 8.06. The van der Waals surface area contributed by atoms with Crippen LogP contribution in [0.3, 0.4) is 0 Å². The zero-order chi connectivity index (χ0) is 14.4. The molecule has 0 aliphatic rings. The lowest BCUT2D eigenvalue weighted by atomic mass is 10.1. The van der Waals surface area contributed by atoms with E-state index in [0.717, 1.165) is 34.8 Å². The summed E-state index contributed by atoms with van der Waals surface area (Å²) in [5.74, 6) is 1.68. The molecular weight excluding hydrogens is 377 g/mol. The van der Waals surface area contributed by atoms with Crippen LogP contribution in [-0.2, 0) is 6.54 Å². The van der Waals surface area contributed by atoms with Crippen molar-refractivity contribution >= 4 is 40.9 Å². The lowest BCUT2D eigenvalue weighted by Crippen LogP contribution is -2.37. The number of hydrogen-bond acceptors (Lipinski definition) is 2. The van der Waals surface area contributed by atoms with Crippen molar-refractivity contribution in [2.24, 2.45) is 4.99 Å². The molecule has 0 amide bonds. The average molecular weight is 399 g/mol. The van der Waals surface area contributed by atoms with Gasteiger partial charge in [0.05, 0.1) is 0 Å². The Hall–Kier alpha value is -1.50. The summed E-state index contributed by atoms with van der Waals surface area (Å²) >= 11 is 0. The Morgan fingerprint density at radius 1 is 1.33 bits per heavy atom. The second-order valence-corrected chi connectivity index (χ2v) is 4.51. The van der Waals surface area contributed by atoms with E-state index >= 15 is 0 Å². The molecule has 0 fully saturated rings. The van der Waals surface area contributed by atoms with E-state index in [0.29, 0.717) is 13.1 Å². The molecule has 21 heavy (non-hydrogen) atoms. The van der Waals surface area contributed by atoms with E-state index in [4.69, 9.17) is 4.42 Å². The molecule has 0 unspecified atom stereocenters. The van der Waals surface area contributed by atoms with Crippen molar-refractivity contribution in [1.82, 2.24) is 10.6 Å². The maximum Gasteiger partial charge on any atom is 0.191 e. The van der Waals surface area contributed by atoms with E-state index in [9.17, 15) is 0 Å². The normalized spacial score (nSPS) is 11.0. The highest BCUT2D eigenvalue weighted by Gasteiger charge is 2.09. The van der Waals surface area contributed by atoms with E-state index in [2.05, 4.69) is 35.2 Å². The number of fused-ring (bicyclic) bond motifs is 1. The van der Waals surface area contributed by atoms with Crippen LogP contribution in [-0.4, -0.2) is 19.0 Å². The van der Waals surface area contributed by atoms with Gasteiger partial charge < -0.3 is 15.1 Å². The highest BCUT2D eigenvalue weighted by Crippen LogP contribution is 2.25. The van der Waals surface area contributed by atoms with Crippen LogP contribution in [0.4, 0.5) is 0 Å². The van der Waals surface area contributed by atoms with Gasteiger partial charge in [-0.1, -0.05) is 24.3 Å². The van der Waals surface area contributed by atoms with E-state index in [1.54, 1.807) is 6.08 Å². The number of aliphatic imine (C=N–C) groups is 1. The van der Waals surface area contributed by atoms with Crippen molar-refractivity contribution in [2.45, 2.75) is 20.4 Å². The molecule has 4 nitrogen and oxygen atoms in total. The fraction of sp³-hybridized carbons (Fsp3) is 0.312. The van der Waals surface area contributed by atoms with Crippen molar-refractivity contribution in [3.63, 3.8) is 0 Å². The second-order valence-electron chi connectivity index (χ2n) is 4.51. The van der Waals surface area contributed by atoms with Gasteiger partial charge in [-0.3, -0.25) is 0 Å². The lowest BCUT2D eigenvalue weighted by molar-refractivity contribution is 0.548. The first-order chi connectivity index (χ1) is 9.76. The smallest absolute Gasteiger partial charge is 0.191 e. The fourth-order valence-electron chi connectivity index (χ4n) is 2.04. The van der Waals surface area contributed by atoms with Crippen LogP contribution in [0.2, 0.25) is 0 Å². The molecule has 1 aromatic heterocycles. The van der Waals surface area contributed by atoms with Crippen LogP contribution < -0.4 is 10.6 Å². The average Bonchev–Trinajstić information content (AvgIpc) is 2.79. The van der Waals surface area contributed by atoms with E-state index in [1.807, 2.05) is 25.1 Å². The number of rotatable bonds is 5. The molecule has 2 rings (SSSR count). The van der Waals surface area contributed by atoms with E-state index < -0.39 is 0 Å². The van der Waals surface area contributed by atoms with Gasteiger partial charge in [0.1, 0.15) is 17.9 Å². The van der Waals surface area contributed by atoms with Gasteiger partial charge in [-0.25, -0.2) is 4.99 Å². The van der Waals surface area contributed by atoms with Crippen molar-refractivity contribution in [3.05, 3.63) is 48.2 Å². The van der Waals surface area contributed by atoms with Crippen molar-refractivity contribution in [3.8, 4) is 0 Å². The number of halogens is 1. The minimum absolute atomic E-state index is 0. The third-order valence-electron chi connectivity index (χ3n) is 3.08. The monoisotopic (exact) mass is 399 g/mol. The second kappa shape index (κ2) is 8.71. The first-order valence-corrected chi connectivity index (χ1v) is 6.86. The summed E-state index contributed by atoms with van der Waals surface area (Å²) in [6.07, 6.45) is 1.80. The van der Waals surface area contributed by atoms with Gasteiger partial charge >= 0.3 is 0 Å². The van der Waals surface area contributed by atoms with Gasteiger partial charge in [0, 0.05) is 24.0 Å². The molecule has 0 saturated heterocycles. The molecule has 0 saturated carbocycles. The number of aryl methyl sites for hydroxylation is 1. The van der Waals surface area contributed by atoms with Crippen molar-refractivity contribution in [1.29, 1.82) is 0 Å². The standard InChI is InChI=1S/C16H21N3O.HI/c1-4-10-18-16(17-5-2)19-11-15-12(3)13-8-6-7-9-14(13)20-15;/h4,6-9H,1,5,10-11H2,2-3H3,(H2,17,18,19);1H. The molecule has 0 spiro atoms. The number of nitrogens with zero attached hydrogens (tertiary/aromatic N) is 1. The molecular formula is C16H22IN3O. The molecule has 2 N–H and O–H groups in total. The van der Waals surface area contributed by atoms with Gasteiger partial charge in [0.15, 0.2) is 5.96 Å². The Morgan fingerprint density at radius 3 is 2.76 bits per heavy atom. The predicted molar refractivity (Wildman–Crippen MR) is 99.4 cm³/mol.